The summed E-state index contributed by atoms with van der Waals surface area (Å²) in [6.07, 6.45) is 1.73. The number of hydrogen-bond donors (Lipinski definition) is 2. The van der Waals surface area contributed by atoms with Crippen LogP contribution in [0.3, 0.4) is 0 Å². The van der Waals surface area contributed by atoms with Crippen molar-refractivity contribution in [3.63, 3.8) is 0 Å². The van der Waals surface area contributed by atoms with Gasteiger partial charge in [-0.3, -0.25) is 4.79 Å². The number of amidine groups is 1. The number of carbonyl (C=O) groups is 1. The summed E-state index contributed by atoms with van der Waals surface area (Å²) in [5.74, 6) is 1.09. The third kappa shape index (κ3) is 3.83. The second-order valence-electron chi connectivity index (χ2n) is 5.58. The van der Waals surface area contributed by atoms with Gasteiger partial charge in [-0.2, -0.15) is 0 Å². The van der Waals surface area contributed by atoms with Crippen molar-refractivity contribution in [2.45, 2.75) is 6.92 Å². The first-order chi connectivity index (χ1) is 12.5. The molecule has 134 valence electrons. The summed E-state index contributed by atoms with van der Waals surface area (Å²) >= 11 is 1.20. The van der Waals surface area contributed by atoms with E-state index >= 15 is 0 Å². The molecule has 26 heavy (non-hydrogen) atoms. The molecule has 1 fully saturated rings. The normalized spacial score (nSPS) is 16.8. The highest BCUT2D eigenvalue weighted by Gasteiger charge is 2.24. The quantitative estimate of drug-likeness (QED) is 0.804. The molecule has 0 aromatic heterocycles. The maximum Gasteiger partial charge on any atom is 0.264 e. The predicted octanol–water partition coefficient (Wildman–Crippen LogP) is 3.61. The van der Waals surface area contributed by atoms with Gasteiger partial charge in [-0.15, -0.1) is 0 Å². The zero-order valence-electron chi connectivity index (χ0n) is 14.6. The number of aromatic hydroxyl groups is 1. The number of hydrogen-bond acceptors (Lipinski definition) is 6. The van der Waals surface area contributed by atoms with E-state index in [0.29, 0.717) is 27.3 Å². The molecule has 1 heterocycles. The fraction of sp³-hybridized carbons (Fsp3) is 0.158. The van der Waals surface area contributed by atoms with E-state index in [0.717, 1.165) is 11.1 Å². The van der Waals surface area contributed by atoms with Crippen LogP contribution in [0.2, 0.25) is 0 Å². The molecular weight excluding hydrogens is 352 g/mol. The number of nitrogens with zero attached hydrogens (tertiary/aromatic N) is 1. The van der Waals surface area contributed by atoms with E-state index in [-0.39, 0.29) is 11.7 Å². The van der Waals surface area contributed by atoms with Crippen LogP contribution < -0.4 is 14.8 Å². The lowest BCUT2D eigenvalue weighted by Crippen LogP contribution is -2.19. The Labute approximate surface area is 155 Å². The SMILES string of the molecule is COc1ccc(/C=C2\SC(=Nc3cc(C)ccc3O)NC2=O)c(OC)c1. The number of phenolic OH excluding ortho intramolecular Hbond substituents is 1. The predicted molar refractivity (Wildman–Crippen MR) is 103 cm³/mol. The van der Waals surface area contributed by atoms with Gasteiger partial charge in [0.2, 0.25) is 0 Å². The molecule has 0 atom stereocenters. The molecule has 7 heteroatoms. The van der Waals surface area contributed by atoms with Gasteiger partial charge in [-0.1, -0.05) is 6.07 Å². The number of aryl methyl sites for hydroxylation is 1. The summed E-state index contributed by atoms with van der Waals surface area (Å²) in [5, 5.41) is 13.0. The van der Waals surface area contributed by atoms with Crippen LogP contribution in [0.5, 0.6) is 17.2 Å². The maximum atomic E-state index is 12.2. The molecule has 2 N–H and O–H groups in total. The first kappa shape index (κ1) is 17.9. The molecule has 3 rings (SSSR count). The van der Waals surface area contributed by atoms with E-state index in [4.69, 9.17) is 9.47 Å². The lowest BCUT2D eigenvalue weighted by molar-refractivity contribution is -0.115. The highest BCUT2D eigenvalue weighted by atomic mass is 32.2. The minimum Gasteiger partial charge on any atom is -0.506 e. The largest absolute Gasteiger partial charge is 0.506 e. The van der Waals surface area contributed by atoms with Crippen LogP contribution >= 0.6 is 11.8 Å². The third-order valence-corrected chi connectivity index (χ3v) is 4.64. The highest BCUT2D eigenvalue weighted by molar-refractivity contribution is 8.18. The molecule has 0 aliphatic carbocycles. The lowest BCUT2D eigenvalue weighted by atomic mass is 10.1. The van der Waals surface area contributed by atoms with Gasteiger partial charge in [0.05, 0.1) is 19.1 Å². The van der Waals surface area contributed by atoms with E-state index in [2.05, 4.69) is 10.3 Å². The number of thioether (sulfide) groups is 1. The van der Waals surface area contributed by atoms with E-state index in [1.165, 1.54) is 11.8 Å². The summed E-state index contributed by atoms with van der Waals surface area (Å²) < 4.78 is 10.5. The number of methoxy groups -OCH3 is 2. The van der Waals surface area contributed by atoms with Crippen LogP contribution in [0.1, 0.15) is 11.1 Å². The van der Waals surface area contributed by atoms with Crippen LogP contribution in [-0.2, 0) is 4.79 Å². The zero-order chi connectivity index (χ0) is 18.7. The average molecular weight is 370 g/mol. The van der Waals surface area contributed by atoms with E-state index < -0.39 is 0 Å². The first-order valence-corrected chi connectivity index (χ1v) is 8.63. The summed E-state index contributed by atoms with van der Waals surface area (Å²) in [6, 6.07) is 10.5. The second kappa shape index (κ2) is 7.53. The zero-order valence-corrected chi connectivity index (χ0v) is 15.4. The number of phenols is 1. The van der Waals surface area contributed by atoms with Crippen LogP contribution in [0.15, 0.2) is 46.3 Å². The van der Waals surface area contributed by atoms with Crippen LogP contribution in [0.25, 0.3) is 6.08 Å². The van der Waals surface area contributed by atoms with Gasteiger partial charge >= 0.3 is 0 Å². The molecule has 0 radical (unpaired) electrons. The molecule has 2 aromatic carbocycles. The molecule has 1 saturated heterocycles. The topological polar surface area (TPSA) is 80.2 Å². The molecular formula is C19H18N2O4S. The lowest BCUT2D eigenvalue weighted by Gasteiger charge is -2.07. The number of benzene rings is 2. The summed E-state index contributed by atoms with van der Waals surface area (Å²) in [6.45, 7) is 1.91. The Bertz CT molecular complexity index is 922. The van der Waals surface area contributed by atoms with E-state index in [1.54, 1.807) is 50.6 Å². The van der Waals surface area contributed by atoms with Crippen molar-refractivity contribution in [3.05, 3.63) is 52.4 Å². The van der Waals surface area contributed by atoms with Crippen LogP contribution in [-0.4, -0.2) is 30.4 Å². The maximum absolute atomic E-state index is 12.2. The van der Waals surface area contributed by atoms with Crippen molar-refractivity contribution in [1.29, 1.82) is 0 Å². The molecule has 0 unspecified atom stereocenters. The molecule has 1 amide bonds. The Kier molecular flexibility index (Phi) is 5.18. The van der Waals surface area contributed by atoms with Crippen molar-refractivity contribution >= 4 is 34.6 Å². The molecule has 2 aromatic rings. The Morgan fingerprint density at radius 3 is 2.69 bits per heavy atom. The number of aliphatic imine (C=N–C) groups is 1. The van der Waals surface area contributed by atoms with Gasteiger partial charge in [-0.25, -0.2) is 4.99 Å². The smallest absolute Gasteiger partial charge is 0.264 e. The van der Waals surface area contributed by atoms with Gasteiger partial charge in [0.25, 0.3) is 5.91 Å². The molecule has 6 nitrogen and oxygen atoms in total. The summed E-state index contributed by atoms with van der Waals surface area (Å²) in [5.41, 5.74) is 2.14. The minimum atomic E-state index is -0.251. The number of rotatable bonds is 4. The average Bonchev–Trinajstić information content (AvgIpc) is 2.97. The molecule has 0 spiro atoms. The standard InChI is InChI=1S/C19H18N2O4S/c1-11-4-7-15(22)14(8-11)20-19-21-18(23)17(26-19)9-12-5-6-13(24-2)10-16(12)25-3/h4-10,22H,1-3H3,(H,20,21,23)/b17-9-. The van der Waals surface area contributed by atoms with Gasteiger partial charge in [0.1, 0.15) is 22.9 Å². The first-order valence-electron chi connectivity index (χ1n) is 7.81. The van der Waals surface area contributed by atoms with E-state index in [1.807, 2.05) is 13.0 Å². The Hall–Kier alpha value is -2.93. The number of amides is 1. The fourth-order valence-corrected chi connectivity index (χ4v) is 3.22. The number of carbonyl (C=O) groups excluding carboxylic acids is 1. The van der Waals surface area contributed by atoms with Crippen molar-refractivity contribution in [2.24, 2.45) is 4.99 Å². The van der Waals surface area contributed by atoms with Gasteiger partial charge < -0.3 is 19.9 Å². The molecule has 0 bridgehead atoms. The van der Waals surface area contributed by atoms with E-state index in [9.17, 15) is 9.90 Å². The van der Waals surface area contributed by atoms with Gasteiger partial charge in [0, 0.05) is 11.6 Å². The van der Waals surface area contributed by atoms with Gasteiger partial charge in [-0.05, 0) is 54.6 Å². The van der Waals surface area contributed by atoms with Crippen molar-refractivity contribution < 1.29 is 19.4 Å². The monoisotopic (exact) mass is 370 g/mol. The fourth-order valence-electron chi connectivity index (χ4n) is 2.39. The number of nitrogens with one attached hydrogen (secondary N) is 1. The van der Waals surface area contributed by atoms with Crippen molar-refractivity contribution in [2.75, 3.05) is 14.2 Å². The highest BCUT2D eigenvalue weighted by Crippen LogP contribution is 2.34. The van der Waals surface area contributed by atoms with Gasteiger partial charge in [0.15, 0.2) is 5.17 Å². The molecule has 1 aliphatic heterocycles. The molecule has 0 saturated carbocycles. The van der Waals surface area contributed by atoms with Crippen LogP contribution in [0.4, 0.5) is 5.69 Å². The number of ether oxygens (including phenoxy) is 2. The third-order valence-electron chi connectivity index (χ3n) is 3.73. The Balaban J connectivity index is 1.89. The minimum absolute atomic E-state index is 0.0622. The summed E-state index contributed by atoms with van der Waals surface area (Å²) in [7, 11) is 3.14. The second-order valence-corrected chi connectivity index (χ2v) is 6.61. The summed E-state index contributed by atoms with van der Waals surface area (Å²) in [4.78, 5) is 17.1. The van der Waals surface area contributed by atoms with Crippen LogP contribution in [0, 0.1) is 6.92 Å². The Morgan fingerprint density at radius 2 is 1.96 bits per heavy atom. The molecule has 1 aliphatic rings. The Morgan fingerprint density at radius 1 is 1.15 bits per heavy atom. The van der Waals surface area contributed by atoms with Crippen molar-refractivity contribution in [1.82, 2.24) is 5.32 Å². The van der Waals surface area contributed by atoms with Crippen molar-refractivity contribution in [3.8, 4) is 17.2 Å².